The van der Waals surface area contributed by atoms with Gasteiger partial charge in [-0.1, -0.05) is 24.4 Å². The van der Waals surface area contributed by atoms with Crippen molar-refractivity contribution in [1.82, 2.24) is 14.5 Å². The van der Waals surface area contributed by atoms with Crippen molar-refractivity contribution in [1.29, 1.82) is 0 Å². The van der Waals surface area contributed by atoms with Crippen LogP contribution in [-0.2, 0) is 19.4 Å². The van der Waals surface area contributed by atoms with E-state index in [4.69, 9.17) is 21.9 Å². The molecular formula is C20H27N3OS. The van der Waals surface area contributed by atoms with Crippen molar-refractivity contribution in [3.63, 3.8) is 0 Å². The van der Waals surface area contributed by atoms with Crippen LogP contribution in [0.5, 0.6) is 5.75 Å². The summed E-state index contributed by atoms with van der Waals surface area (Å²) in [5.74, 6) is 1.83. The number of methoxy groups -OCH3 is 1. The summed E-state index contributed by atoms with van der Waals surface area (Å²) in [6.07, 6.45) is 5.71. The summed E-state index contributed by atoms with van der Waals surface area (Å²) in [6.45, 7) is 2.03. The monoisotopic (exact) mass is 357 g/mol. The van der Waals surface area contributed by atoms with Gasteiger partial charge in [0.15, 0.2) is 0 Å². The molecule has 1 aliphatic rings. The van der Waals surface area contributed by atoms with Crippen LogP contribution >= 0.6 is 12.2 Å². The number of aromatic nitrogens is 2. The van der Waals surface area contributed by atoms with Gasteiger partial charge < -0.3 is 14.2 Å². The highest BCUT2D eigenvalue weighted by atomic mass is 32.1. The molecule has 0 unspecified atom stereocenters. The van der Waals surface area contributed by atoms with Gasteiger partial charge in [-0.05, 0) is 64.9 Å². The van der Waals surface area contributed by atoms with Gasteiger partial charge in [-0.3, -0.25) is 0 Å². The SMILES string of the molecule is COc1cccc(-c2nc(=S)c3c(n2CCCN(C)C)CCCC3)c1. The van der Waals surface area contributed by atoms with E-state index in [9.17, 15) is 0 Å². The molecule has 1 aromatic heterocycles. The summed E-state index contributed by atoms with van der Waals surface area (Å²) >= 11 is 5.64. The molecule has 0 fully saturated rings. The van der Waals surface area contributed by atoms with Gasteiger partial charge in [0.2, 0.25) is 0 Å². The summed E-state index contributed by atoms with van der Waals surface area (Å²) in [5.41, 5.74) is 3.75. The van der Waals surface area contributed by atoms with Crippen molar-refractivity contribution < 1.29 is 4.74 Å². The average Bonchev–Trinajstić information content (AvgIpc) is 2.63. The number of hydrogen-bond donors (Lipinski definition) is 0. The molecule has 0 spiro atoms. The third-order valence-corrected chi connectivity index (χ3v) is 5.14. The molecule has 0 saturated heterocycles. The molecule has 5 heteroatoms. The zero-order valence-electron chi connectivity index (χ0n) is 15.4. The largest absolute Gasteiger partial charge is 0.497 e. The van der Waals surface area contributed by atoms with Crippen molar-refractivity contribution >= 4 is 12.2 Å². The van der Waals surface area contributed by atoms with E-state index in [0.29, 0.717) is 0 Å². The van der Waals surface area contributed by atoms with Crippen molar-refractivity contribution in [2.75, 3.05) is 27.7 Å². The Balaban J connectivity index is 2.08. The van der Waals surface area contributed by atoms with Gasteiger partial charge in [-0.2, -0.15) is 0 Å². The second kappa shape index (κ2) is 8.11. The first-order valence-electron chi connectivity index (χ1n) is 9.02. The fraction of sp³-hybridized carbons (Fsp3) is 0.500. The minimum atomic E-state index is 0.774. The molecule has 0 saturated carbocycles. The standard InChI is InChI=1S/C20H27N3OS/c1-22(2)12-7-13-23-18-11-5-4-10-17(18)20(25)21-19(23)15-8-6-9-16(14-15)24-3/h6,8-9,14H,4-5,7,10-13H2,1-3H3. The molecule has 1 aromatic carbocycles. The van der Waals surface area contributed by atoms with E-state index in [1.807, 2.05) is 12.1 Å². The molecule has 0 N–H and O–H groups in total. The fourth-order valence-electron chi connectivity index (χ4n) is 3.54. The Bertz CT molecular complexity index is 798. The Hall–Kier alpha value is -1.72. The number of fused-ring (bicyclic) bond motifs is 1. The zero-order chi connectivity index (χ0) is 17.8. The zero-order valence-corrected chi connectivity index (χ0v) is 16.2. The number of ether oxygens (including phenoxy) is 1. The van der Waals surface area contributed by atoms with Gasteiger partial charge in [0, 0.05) is 23.4 Å². The molecule has 1 aliphatic carbocycles. The summed E-state index contributed by atoms with van der Waals surface area (Å²) < 4.78 is 8.58. The van der Waals surface area contributed by atoms with Crippen LogP contribution in [0, 0.1) is 4.64 Å². The fourth-order valence-corrected chi connectivity index (χ4v) is 3.84. The Morgan fingerprint density at radius 3 is 2.80 bits per heavy atom. The second-order valence-electron chi connectivity index (χ2n) is 6.91. The van der Waals surface area contributed by atoms with Crippen LogP contribution in [-0.4, -0.2) is 42.2 Å². The molecule has 2 aromatic rings. The van der Waals surface area contributed by atoms with Crippen LogP contribution in [0.15, 0.2) is 24.3 Å². The molecule has 0 amide bonds. The Labute approximate surface area is 155 Å². The van der Waals surface area contributed by atoms with E-state index in [2.05, 4.69) is 35.7 Å². The maximum absolute atomic E-state index is 5.64. The first-order valence-corrected chi connectivity index (χ1v) is 9.42. The molecule has 0 aliphatic heterocycles. The van der Waals surface area contributed by atoms with E-state index < -0.39 is 0 Å². The Kier molecular flexibility index (Phi) is 5.86. The topological polar surface area (TPSA) is 30.3 Å². The molecule has 0 radical (unpaired) electrons. The smallest absolute Gasteiger partial charge is 0.141 e. The number of nitrogens with zero attached hydrogens (tertiary/aromatic N) is 3. The maximum atomic E-state index is 5.64. The minimum absolute atomic E-state index is 0.774. The molecule has 4 nitrogen and oxygen atoms in total. The van der Waals surface area contributed by atoms with Crippen molar-refractivity contribution in [3.8, 4) is 17.1 Å². The van der Waals surface area contributed by atoms with Crippen molar-refractivity contribution in [3.05, 3.63) is 40.2 Å². The second-order valence-corrected chi connectivity index (χ2v) is 7.30. The molecule has 25 heavy (non-hydrogen) atoms. The maximum Gasteiger partial charge on any atom is 0.141 e. The summed E-state index contributed by atoms with van der Waals surface area (Å²) in [4.78, 5) is 7.07. The lowest BCUT2D eigenvalue weighted by molar-refractivity contribution is 0.383. The van der Waals surface area contributed by atoms with Crippen LogP contribution in [0.2, 0.25) is 0 Å². The highest BCUT2D eigenvalue weighted by Crippen LogP contribution is 2.29. The number of hydrogen-bond acceptors (Lipinski definition) is 4. The van der Waals surface area contributed by atoms with Gasteiger partial charge in [-0.25, -0.2) is 4.98 Å². The van der Waals surface area contributed by atoms with Crippen molar-refractivity contribution in [2.24, 2.45) is 0 Å². The third-order valence-electron chi connectivity index (χ3n) is 4.80. The highest BCUT2D eigenvalue weighted by Gasteiger charge is 2.19. The molecular weight excluding hydrogens is 330 g/mol. The van der Waals surface area contributed by atoms with Crippen LogP contribution in [0.4, 0.5) is 0 Å². The molecule has 1 heterocycles. The summed E-state index contributed by atoms with van der Waals surface area (Å²) in [7, 11) is 5.93. The third kappa shape index (κ3) is 4.10. The molecule has 3 rings (SSSR count). The van der Waals surface area contributed by atoms with Crippen LogP contribution in [0.1, 0.15) is 30.5 Å². The van der Waals surface area contributed by atoms with E-state index in [-0.39, 0.29) is 0 Å². The van der Waals surface area contributed by atoms with Gasteiger partial charge in [0.05, 0.1) is 7.11 Å². The highest BCUT2D eigenvalue weighted by molar-refractivity contribution is 7.71. The normalized spacial score (nSPS) is 13.8. The van der Waals surface area contributed by atoms with Gasteiger partial charge in [0.25, 0.3) is 0 Å². The van der Waals surface area contributed by atoms with E-state index in [1.54, 1.807) is 7.11 Å². The lowest BCUT2D eigenvalue weighted by atomic mass is 9.96. The Morgan fingerprint density at radius 1 is 1.24 bits per heavy atom. The summed E-state index contributed by atoms with van der Waals surface area (Å²) in [6, 6.07) is 8.13. The minimum Gasteiger partial charge on any atom is -0.497 e. The van der Waals surface area contributed by atoms with E-state index in [0.717, 1.165) is 54.1 Å². The number of benzene rings is 1. The Morgan fingerprint density at radius 2 is 2.04 bits per heavy atom. The van der Waals surface area contributed by atoms with Crippen LogP contribution in [0.25, 0.3) is 11.4 Å². The predicted octanol–water partition coefficient (Wildman–Crippen LogP) is 4.12. The first-order chi connectivity index (χ1) is 12.1. The summed E-state index contributed by atoms with van der Waals surface area (Å²) in [5, 5.41) is 0. The van der Waals surface area contributed by atoms with Crippen LogP contribution < -0.4 is 4.74 Å². The number of rotatable bonds is 6. The molecule has 0 bridgehead atoms. The molecule has 134 valence electrons. The van der Waals surface area contributed by atoms with Gasteiger partial charge in [-0.15, -0.1) is 0 Å². The lowest BCUT2D eigenvalue weighted by Crippen LogP contribution is -2.21. The quantitative estimate of drug-likeness (QED) is 0.728. The van der Waals surface area contributed by atoms with E-state index in [1.165, 1.54) is 24.1 Å². The average molecular weight is 358 g/mol. The predicted molar refractivity (Wildman–Crippen MR) is 105 cm³/mol. The van der Waals surface area contributed by atoms with Gasteiger partial charge in [0.1, 0.15) is 16.2 Å². The van der Waals surface area contributed by atoms with E-state index >= 15 is 0 Å². The lowest BCUT2D eigenvalue weighted by Gasteiger charge is -2.25. The van der Waals surface area contributed by atoms with Gasteiger partial charge >= 0.3 is 0 Å². The molecule has 0 atom stereocenters. The van der Waals surface area contributed by atoms with Crippen molar-refractivity contribution in [2.45, 2.75) is 38.6 Å². The first kappa shape index (κ1) is 18.1. The van der Waals surface area contributed by atoms with Crippen LogP contribution in [0.3, 0.4) is 0 Å².